The van der Waals surface area contributed by atoms with E-state index in [1.807, 2.05) is 19.9 Å². The van der Waals surface area contributed by atoms with Gasteiger partial charge in [-0.3, -0.25) is 4.98 Å². The second-order valence-electron chi connectivity index (χ2n) is 12.0. The number of halogens is 3. The van der Waals surface area contributed by atoms with Crippen molar-refractivity contribution >= 4 is 22.2 Å². The molecule has 3 heterocycles. The van der Waals surface area contributed by atoms with Gasteiger partial charge in [0.2, 0.25) is 0 Å². The molecule has 7 rings (SSSR count). The Morgan fingerprint density at radius 1 is 1.05 bits per heavy atom. The summed E-state index contributed by atoms with van der Waals surface area (Å²) in [6.45, 7) is 5.84. The molecule has 41 heavy (non-hydrogen) atoms. The van der Waals surface area contributed by atoms with Gasteiger partial charge in [-0.1, -0.05) is 29.4 Å². The van der Waals surface area contributed by atoms with Crippen molar-refractivity contribution in [3.8, 4) is 17.0 Å². The molecule has 0 bridgehead atoms. The average molecular weight is 560 g/mol. The van der Waals surface area contributed by atoms with Crippen molar-refractivity contribution < 1.29 is 22.4 Å². The van der Waals surface area contributed by atoms with Gasteiger partial charge in [-0.15, -0.1) is 0 Å². The van der Waals surface area contributed by atoms with Gasteiger partial charge in [0.25, 0.3) is 0 Å². The number of ether oxygens (including phenoxy) is 1. The van der Waals surface area contributed by atoms with E-state index in [9.17, 15) is 13.2 Å². The Morgan fingerprint density at radius 3 is 2.51 bits per heavy atom. The summed E-state index contributed by atoms with van der Waals surface area (Å²) in [4.78, 5) is 6.91. The SMILES string of the molecule is CC(C)Oc1ccnc2ccc(N3CCC4(C=C(c5c(-c6ccccc6C(F)(F)F)noc5C5CC5)C4)CC3)cc12. The fraction of sp³-hybridized carbons (Fsp3) is 0.394. The van der Waals surface area contributed by atoms with Gasteiger partial charge in [-0.05, 0) is 87.3 Å². The zero-order valence-electron chi connectivity index (χ0n) is 23.2. The van der Waals surface area contributed by atoms with Gasteiger partial charge in [0.05, 0.1) is 17.2 Å². The van der Waals surface area contributed by atoms with Gasteiger partial charge < -0.3 is 14.2 Å². The first-order chi connectivity index (χ1) is 19.7. The zero-order chi connectivity index (χ0) is 28.4. The molecule has 1 saturated heterocycles. The van der Waals surface area contributed by atoms with Crippen molar-refractivity contribution in [2.45, 2.75) is 64.1 Å². The Labute approximate surface area is 237 Å². The number of pyridine rings is 1. The van der Waals surface area contributed by atoms with Gasteiger partial charge in [0, 0.05) is 47.4 Å². The fourth-order valence-electron chi connectivity index (χ4n) is 6.43. The molecule has 5 nitrogen and oxygen atoms in total. The molecule has 0 amide bonds. The Kier molecular flexibility index (Phi) is 6.14. The molecular formula is C33H32F3N3O2. The van der Waals surface area contributed by atoms with Crippen LogP contribution in [-0.2, 0) is 6.18 Å². The zero-order valence-corrected chi connectivity index (χ0v) is 23.2. The van der Waals surface area contributed by atoms with Crippen LogP contribution in [0.3, 0.4) is 0 Å². The molecular weight excluding hydrogens is 527 g/mol. The lowest BCUT2D eigenvalue weighted by Gasteiger charge is -2.47. The number of aromatic nitrogens is 2. The third-order valence-corrected chi connectivity index (χ3v) is 8.67. The predicted molar refractivity (Wildman–Crippen MR) is 153 cm³/mol. The van der Waals surface area contributed by atoms with Gasteiger partial charge in [0.1, 0.15) is 17.2 Å². The number of rotatable bonds is 6. The Bertz CT molecular complexity index is 1640. The number of anilines is 1. The van der Waals surface area contributed by atoms with Crippen LogP contribution in [0.4, 0.5) is 18.9 Å². The van der Waals surface area contributed by atoms with E-state index in [0.29, 0.717) is 5.69 Å². The quantitative estimate of drug-likeness (QED) is 0.237. The number of hydrogen-bond donors (Lipinski definition) is 0. The molecule has 2 fully saturated rings. The summed E-state index contributed by atoms with van der Waals surface area (Å²) in [6, 6.07) is 13.9. The first kappa shape index (κ1) is 26.1. The predicted octanol–water partition coefficient (Wildman–Crippen LogP) is 8.65. The molecule has 8 heteroatoms. The molecule has 0 atom stereocenters. The third kappa shape index (κ3) is 4.77. The van der Waals surface area contributed by atoms with Crippen molar-refractivity contribution in [1.82, 2.24) is 10.1 Å². The van der Waals surface area contributed by atoms with Crippen LogP contribution in [0, 0.1) is 5.41 Å². The number of piperidine rings is 1. The fourth-order valence-corrected chi connectivity index (χ4v) is 6.43. The highest BCUT2D eigenvalue weighted by Crippen LogP contribution is 2.56. The monoisotopic (exact) mass is 559 g/mol. The highest BCUT2D eigenvalue weighted by molar-refractivity contribution is 5.88. The van der Waals surface area contributed by atoms with E-state index in [2.05, 4.69) is 39.3 Å². The van der Waals surface area contributed by atoms with Crippen LogP contribution in [0.2, 0.25) is 0 Å². The summed E-state index contributed by atoms with van der Waals surface area (Å²) in [7, 11) is 0. The number of allylic oxidation sites excluding steroid dienone is 2. The molecule has 0 N–H and O–H groups in total. The molecule has 2 aromatic carbocycles. The second-order valence-corrected chi connectivity index (χ2v) is 12.0. The molecule has 2 aliphatic carbocycles. The minimum Gasteiger partial charge on any atom is -0.490 e. The van der Waals surface area contributed by atoms with Crippen molar-refractivity contribution in [2.24, 2.45) is 5.41 Å². The van der Waals surface area contributed by atoms with Crippen molar-refractivity contribution in [3.05, 3.63) is 77.7 Å². The van der Waals surface area contributed by atoms with Crippen molar-refractivity contribution in [1.29, 1.82) is 0 Å². The Balaban J connectivity index is 1.14. The van der Waals surface area contributed by atoms with Gasteiger partial charge in [-0.2, -0.15) is 13.2 Å². The topological polar surface area (TPSA) is 51.4 Å². The highest BCUT2D eigenvalue weighted by atomic mass is 19.4. The van der Waals surface area contributed by atoms with E-state index in [4.69, 9.17) is 9.26 Å². The number of nitrogens with zero attached hydrogens (tertiary/aromatic N) is 3. The summed E-state index contributed by atoms with van der Waals surface area (Å²) in [5.41, 5.74) is 3.71. The van der Waals surface area contributed by atoms with Crippen LogP contribution in [0.5, 0.6) is 5.75 Å². The molecule has 1 aliphatic heterocycles. The minimum atomic E-state index is -4.46. The van der Waals surface area contributed by atoms with Crippen molar-refractivity contribution in [3.63, 3.8) is 0 Å². The van der Waals surface area contributed by atoms with E-state index in [1.54, 1.807) is 12.3 Å². The lowest BCUT2D eigenvalue weighted by molar-refractivity contribution is -0.137. The van der Waals surface area contributed by atoms with Crippen LogP contribution in [-0.4, -0.2) is 29.3 Å². The average Bonchev–Trinajstić information content (AvgIpc) is 3.69. The van der Waals surface area contributed by atoms with Crippen LogP contribution in [0.15, 0.2) is 65.3 Å². The van der Waals surface area contributed by atoms with E-state index in [0.717, 1.165) is 90.5 Å². The smallest absolute Gasteiger partial charge is 0.417 e. The highest BCUT2D eigenvalue weighted by Gasteiger charge is 2.45. The summed E-state index contributed by atoms with van der Waals surface area (Å²) >= 11 is 0. The van der Waals surface area contributed by atoms with Gasteiger partial charge in [0.15, 0.2) is 0 Å². The first-order valence-corrected chi connectivity index (χ1v) is 14.4. The maximum Gasteiger partial charge on any atom is 0.417 e. The molecule has 2 aromatic heterocycles. The number of fused-ring (bicyclic) bond motifs is 1. The molecule has 1 spiro atoms. The van der Waals surface area contributed by atoms with Crippen molar-refractivity contribution in [2.75, 3.05) is 18.0 Å². The number of hydrogen-bond acceptors (Lipinski definition) is 5. The Hall–Kier alpha value is -3.81. The van der Waals surface area contributed by atoms with Crippen LogP contribution in [0.25, 0.3) is 27.7 Å². The largest absolute Gasteiger partial charge is 0.490 e. The molecule has 0 radical (unpaired) electrons. The van der Waals surface area contributed by atoms with E-state index in [-0.39, 0.29) is 23.0 Å². The van der Waals surface area contributed by atoms with Gasteiger partial charge in [-0.25, -0.2) is 0 Å². The van der Waals surface area contributed by atoms with E-state index < -0.39 is 11.7 Å². The molecule has 3 aliphatic rings. The summed E-state index contributed by atoms with van der Waals surface area (Å²) in [5, 5.41) is 5.23. The third-order valence-electron chi connectivity index (χ3n) is 8.67. The summed E-state index contributed by atoms with van der Waals surface area (Å²) in [5.74, 6) is 1.84. The first-order valence-electron chi connectivity index (χ1n) is 14.4. The minimum absolute atomic E-state index is 0.0507. The van der Waals surface area contributed by atoms with E-state index in [1.165, 1.54) is 12.1 Å². The Morgan fingerprint density at radius 2 is 1.80 bits per heavy atom. The van der Waals surface area contributed by atoms with Crippen LogP contribution in [0.1, 0.15) is 68.8 Å². The lowest BCUT2D eigenvalue weighted by atomic mass is 9.63. The molecule has 0 unspecified atom stereocenters. The van der Waals surface area contributed by atoms with E-state index >= 15 is 0 Å². The number of benzene rings is 2. The standard InChI is InChI=1S/C33H32F3N3O2/c1-20(2)40-28-11-14-37-27-10-9-23(17-25(27)28)39-15-12-32(13-16-39)18-22(19-32)29-30(38-41-31(29)21-7-8-21)24-5-3-4-6-26(24)33(34,35)36/h3-6,9-11,14,17-18,20-21H,7-8,12-13,15-16,19H2,1-2H3. The maximum absolute atomic E-state index is 13.9. The molecule has 1 saturated carbocycles. The molecule has 4 aromatic rings. The maximum atomic E-state index is 13.9. The summed E-state index contributed by atoms with van der Waals surface area (Å²) in [6.07, 6.45) is 4.45. The van der Waals surface area contributed by atoms with Crippen LogP contribution < -0.4 is 9.64 Å². The molecule has 212 valence electrons. The lowest BCUT2D eigenvalue weighted by Crippen LogP contribution is -2.42. The number of alkyl halides is 3. The van der Waals surface area contributed by atoms with Gasteiger partial charge >= 0.3 is 6.18 Å². The normalized spacial score (nSPS) is 18.6. The second kappa shape index (κ2) is 9.64. The summed E-state index contributed by atoms with van der Waals surface area (Å²) < 4.78 is 53.4. The van der Waals surface area contributed by atoms with Crippen LogP contribution >= 0.6 is 0 Å².